The predicted molar refractivity (Wildman–Crippen MR) is 51.3 cm³/mol. The first-order valence-electron chi connectivity index (χ1n) is 4.60. The Morgan fingerprint density at radius 3 is 2.50 bits per heavy atom. The van der Waals surface area contributed by atoms with Gasteiger partial charge in [-0.25, -0.2) is 0 Å². The van der Waals surface area contributed by atoms with E-state index in [1.807, 2.05) is 0 Å². The van der Waals surface area contributed by atoms with E-state index in [-0.39, 0.29) is 24.8 Å². The Balaban J connectivity index is 2.80. The van der Waals surface area contributed by atoms with Crippen molar-refractivity contribution in [2.24, 2.45) is 17.6 Å². The van der Waals surface area contributed by atoms with Crippen molar-refractivity contribution in [1.82, 2.24) is 0 Å². The highest BCUT2D eigenvalue weighted by molar-refractivity contribution is 7.86. The highest BCUT2D eigenvalue weighted by Crippen LogP contribution is 2.31. The molecule has 0 heterocycles. The summed E-state index contributed by atoms with van der Waals surface area (Å²) >= 11 is 0. The van der Waals surface area contributed by atoms with Crippen LogP contribution >= 0.6 is 0 Å². The maximum absolute atomic E-state index is 11.0. The van der Waals surface area contributed by atoms with E-state index in [4.69, 9.17) is 10.3 Å². The van der Waals surface area contributed by atoms with Crippen molar-refractivity contribution < 1.29 is 17.8 Å². The van der Waals surface area contributed by atoms with Crippen LogP contribution in [0.15, 0.2) is 0 Å². The lowest BCUT2D eigenvalue weighted by molar-refractivity contribution is -0.112. The second-order valence-corrected chi connectivity index (χ2v) is 5.39. The first-order valence-corrected chi connectivity index (χ1v) is 6.11. The number of hydrogen-bond acceptors (Lipinski definition) is 4. The summed E-state index contributed by atoms with van der Waals surface area (Å²) in [5.74, 6) is -0.481. The van der Waals surface area contributed by atoms with Crippen LogP contribution in [0.25, 0.3) is 0 Å². The van der Waals surface area contributed by atoms with Crippen LogP contribution in [-0.4, -0.2) is 31.1 Å². The van der Waals surface area contributed by atoms with E-state index in [1.165, 1.54) is 0 Å². The van der Waals surface area contributed by atoms with Crippen LogP contribution in [0.3, 0.4) is 0 Å². The lowest BCUT2D eigenvalue weighted by atomic mass is 9.82. The molecule has 0 aromatic carbocycles. The molecule has 0 saturated heterocycles. The minimum atomic E-state index is -4.07. The summed E-state index contributed by atoms with van der Waals surface area (Å²) in [6, 6.07) is 0. The standard InChI is InChI=1S/C8H15NO4S/c9-4-7-2-1-6(5-10)3-8(7)14(11,12)13/h5-8H,1-4,9H2,(H,11,12,13). The number of aldehydes is 1. The van der Waals surface area contributed by atoms with Crippen molar-refractivity contribution in [2.75, 3.05) is 6.54 Å². The SMILES string of the molecule is NCC1CCC(C=O)CC1S(=O)(=O)O. The largest absolute Gasteiger partial charge is 0.330 e. The monoisotopic (exact) mass is 221 g/mol. The number of nitrogens with two attached hydrogens (primary N) is 1. The summed E-state index contributed by atoms with van der Waals surface area (Å²) in [7, 11) is -4.07. The van der Waals surface area contributed by atoms with Gasteiger partial charge in [-0.15, -0.1) is 0 Å². The third-order valence-electron chi connectivity index (χ3n) is 2.85. The van der Waals surface area contributed by atoms with Gasteiger partial charge < -0.3 is 10.5 Å². The van der Waals surface area contributed by atoms with Gasteiger partial charge in [-0.1, -0.05) is 0 Å². The molecule has 0 radical (unpaired) electrons. The quantitative estimate of drug-likeness (QED) is 0.509. The highest BCUT2D eigenvalue weighted by atomic mass is 32.2. The zero-order chi connectivity index (χ0) is 10.8. The van der Waals surface area contributed by atoms with E-state index < -0.39 is 15.4 Å². The van der Waals surface area contributed by atoms with Crippen LogP contribution in [0.2, 0.25) is 0 Å². The molecule has 1 fully saturated rings. The number of carbonyl (C=O) groups excluding carboxylic acids is 1. The van der Waals surface area contributed by atoms with Gasteiger partial charge in [0.25, 0.3) is 10.1 Å². The Morgan fingerprint density at radius 1 is 1.43 bits per heavy atom. The van der Waals surface area contributed by atoms with Gasteiger partial charge in [0.15, 0.2) is 0 Å². The van der Waals surface area contributed by atoms with Crippen LogP contribution in [0, 0.1) is 11.8 Å². The molecule has 0 amide bonds. The Hall–Kier alpha value is -0.460. The minimum absolute atomic E-state index is 0.199. The van der Waals surface area contributed by atoms with Gasteiger partial charge in [0, 0.05) is 5.92 Å². The van der Waals surface area contributed by atoms with Crippen molar-refractivity contribution in [3.05, 3.63) is 0 Å². The molecule has 0 aromatic heterocycles. The van der Waals surface area contributed by atoms with E-state index in [0.29, 0.717) is 12.8 Å². The first-order chi connectivity index (χ1) is 6.49. The van der Waals surface area contributed by atoms with E-state index >= 15 is 0 Å². The van der Waals surface area contributed by atoms with E-state index in [0.717, 1.165) is 6.29 Å². The zero-order valence-corrected chi connectivity index (χ0v) is 8.61. The molecule has 0 aliphatic heterocycles. The smallest absolute Gasteiger partial charge is 0.268 e. The molecule has 5 nitrogen and oxygen atoms in total. The summed E-state index contributed by atoms with van der Waals surface area (Å²) in [4.78, 5) is 10.5. The number of hydrogen-bond donors (Lipinski definition) is 2. The lowest BCUT2D eigenvalue weighted by Crippen LogP contribution is -2.39. The molecule has 1 rings (SSSR count). The number of carbonyl (C=O) groups is 1. The summed E-state index contributed by atoms with van der Waals surface area (Å²) in [6.45, 7) is 0.232. The Morgan fingerprint density at radius 2 is 2.07 bits per heavy atom. The van der Waals surface area contributed by atoms with Crippen molar-refractivity contribution in [3.63, 3.8) is 0 Å². The third kappa shape index (κ3) is 2.52. The first kappa shape index (κ1) is 11.6. The molecule has 0 aromatic rings. The van der Waals surface area contributed by atoms with E-state index in [9.17, 15) is 13.2 Å². The second kappa shape index (κ2) is 4.37. The van der Waals surface area contributed by atoms with Crippen LogP contribution in [0.4, 0.5) is 0 Å². The van der Waals surface area contributed by atoms with Crippen LogP contribution < -0.4 is 5.73 Å². The molecular formula is C8H15NO4S. The van der Waals surface area contributed by atoms with Gasteiger partial charge in [-0.05, 0) is 31.7 Å². The van der Waals surface area contributed by atoms with Crippen LogP contribution in [0.5, 0.6) is 0 Å². The molecule has 82 valence electrons. The van der Waals surface area contributed by atoms with Crippen molar-refractivity contribution in [3.8, 4) is 0 Å². The Labute approximate surface area is 83.4 Å². The molecule has 0 spiro atoms. The molecule has 1 aliphatic rings. The lowest BCUT2D eigenvalue weighted by Gasteiger charge is -2.31. The van der Waals surface area contributed by atoms with Crippen LogP contribution in [0.1, 0.15) is 19.3 Å². The average Bonchev–Trinajstić information content (AvgIpc) is 2.15. The van der Waals surface area contributed by atoms with Gasteiger partial charge in [0.05, 0.1) is 5.25 Å². The predicted octanol–water partition coefficient (Wildman–Crippen LogP) is -0.183. The third-order valence-corrected chi connectivity index (χ3v) is 4.19. The van der Waals surface area contributed by atoms with E-state index in [2.05, 4.69) is 0 Å². The van der Waals surface area contributed by atoms with Crippen LogP contribution in [-0.2, 0) is 14.9 Å². The topological polar surface area (TPSA) is 97.5 Å². The summed E-state index contributed by atoms with van der Waals surface area (Å²) in [6.07, 6.45) is 2.21. The average molecular weight is 221 g/mol. The maximum atomic E-state index is 11.0. The molecule has 0 bridgehead atoms. The molecule has 1 saturated carbocycles. The molecular weight excluding hydrogens is 206 g/mol. The van der Waals surface area contributed by atoms with E-state index in [1.54, 1.807) is 0 Å². The van der Waals surface area contributed by atoms with Gasteiger partial charge in [0.2, 0.25) is 0 Å². The summed E-state index contributed by atoms with van der Waals surface area (Å²) < 4.78 is 31.0. The zero-order valence-electron chi connectivity index (χ0n) is 7.80. The molecule has 1 aliphatic carbocycles. The molecule has 3 atom stereocenters. The summed E-state index contributed by atoms with van der Waals surface area (Å²) in [5.41, 5.74) is 5.41. The van der Waals surface area contributed by atoms with Gasteiger partial charge in [-0.3, -0.25) is 4.55 Å². The second-order valence-electron chi connectivity index (χ2n) is 3.76. The van der Waals surface area contributed by atoms with Crippen molar-refractivity contribution in [2.45, 2.75) is 24.5 Å². The normalized spacial score (nSPS) is 34.0. The molecule has 3 unspecified atom stereocenters. The minimum Gasteiger partial charge on any atom is -0.330 e. The van der Waals surface area contributed by atoms with Crippen molar-refractivity contribution in [1.29, 1.82) is 0 Å². The highest BCUT2D eigenvalue weighted by Gasteiger charge is 2.37. The van der Waals surface area contributed by atoms with Crippen molar-refractivity contribution >= 4 is 16.4 Å². The van der Waals surface area contributed by atoms with Gasteiger partial charge in [0.1, 0.15) is 6.29 Å². The fourth-order valence-corrected chi connectivity index (χ4v) is 3.20. The molecule has 6 heteroatoms. The summed E-state index contributed by atoms with van der Waals surface area (Å²) in [5, 5.41) is -0.864. The fraction of sp³-hybridized carbons (Fsp3) is 0.875. The maximum Gasteiger partial charge on any atom is 0.268 e. The van der Waals surface area contributed by atoms with Gasteiger partial charge >= 0.3 is 0 Å². The Kier molecular flexibility index (Phi) is 3.63. The van der Waals surface area contributed by atoms with Gasteiger partial charge in [-0.2, -0.15) is 8.42 Å². The molecule has 14 heavy (non-hydrogen) atoms. The molecule has 3 N–H and O–H groups in total. The fourth-order valence-electron chi connectivity index (χ4n) is 1.98. The Bertz CT molecular complexity index is 300. The number of rotatable bonds is 3.